The third-order valence-corrected chi connectivity index (χ3v) is 4.95. The fourth-order valence-corrected chi connectivity index (χ4v) is 3.51. The highest BCUT2D eigenvalue weighted by Gasteiger charge is 2.33. The summed E-state index contributed by atoms with van der Waals surface area (Å²) in [4.78, 5) is 27.0. The van der Waals surface area contributed by atoms with Gasteiger partial charge in [0.2, 0.25) is 5.91 Å². The number of anilines is 1. The van der Waals surface area contributed by atoms with E-state index in [0.717, 1.165) is 25.0 Å². The lowest BCUT2D eigenvalue weighted by Crippen LogP contribution is -2.49. The standard InChI is InChI=1S/C17H15F3N2O2S/c18-10-6-7-11(15(20)14(10)19)21-16(23)12-4-1-2-8-22(12)17(24)13-5-3-9-25-13/h3,5-7,9,12H,1-2,4,8H2,(H,21,23). The number of piperidine rings is 1. The Morgan fingerprint density at radius 2 is 1.92 bits per heavy atom. The molecule has 8 heteroatoms. The van der Waals surface area contributed by atoms with Crippen LogP contribution in [-0.2, 0) is 4.79 Å². The molecule has 1 aliphatic rings. The number of hydrogen-bond donors (Lipinski definition) is 1. The van der Waals surface area contributed by atoms with Crippen molar-refractivity contribution in [3.63, 3.8) is 0 Å². The molecule has 1 aromatic heterocycles. The van der Waals surface area contributed by atoms with Gasteiger partial charge in [0.1, 0.15) is 6.04 Å². The van der Waals surface area contributed by atoms with Gasteiger partial charge < -0.3 is 10.2 Å². The molecule has 4 nitrogen and oxygen atoms in total. The molecule has 1 saturated heterocycles. The van der Waals surface area contributed by atoms with Crippen LogP contribution >= 0.6 is 11.3 Å². The Hall–Kier alpha value is -2.35. The van der Waals surface area contributed by atoms with E-state index < -0.39 is 35.1 Å². The van der Waals surface area contributed by atoms with E-state index in [-0.39, 0.29) is 5.91 Å². The molecule has 0 spiro atoms. The van der Waals surface area contributed by atoms with Gasteiger partial charge in [-0.2, -0.15) is 0 Å². The molecular formula is C17H15F3N2O2S. The lowest BCUT2D eigenvalue weighted by molar-refractivity contribution is -0.121. The van der Waals surface area contributed by atoms with Crippen molar-refractivity contribution in [2.24, 2.45) is 0 Å². The Kier molecular flexibility index (Phi) is 5.08. The Morgan fingerprint density at radius 3 is 2.64 bits per heavy atom. The molecule has 1 N–H and O–H groups in total. The van der Waals surface area contributed by atoms with Gasteiger partial charge in [0.05, 0.1) is 10.6 Å². The topological polar surface area (TPSA) is 49.4 Å². The van der Waals surface area contributed by atoms with Crippen LogP contribution in [0.1, 0.15) is 28.9 Å². The zero-order chi connectivity index (χ0) is 18.0. The number of carbonyl (C=O) groups excluding carboxylic acids is 2. The van der Waals surface area contributed by atoms with E-state index in [0.29, 0.717) is 17.8 Å². The van der Waals surface area contributed by atoms with E-state index in [2.05, 4.69) is 5.32 Å². The minimum absolute atomic E-state index is 0.263. The highest BCUT2D eigenvalue weighted by atomic mass is 32.1. The van der Waals surface area contributed by atoms with Gasteiger partial charge >= 0.3 is 0 Å². The second-order valence-corrected chi connectivity index (χ2v) is 6.65. The summed E-state index contributed by atoms with van der Waals surface area (Å²) in [5.41, 5.74) is -0.446. The maximum Gasteiger partial charge on any atom is 0.264 e. The van der Waals surface area contributed by atoms with Crippen LogP contribution in [-0.4, -0.2) is 29.3 Å². The summed E-state index contributed by atoms with van der Waals surface area (Å²) < 4.78 is 40.1. The molecule has 0 saturated carbocycles. The van der Waals surface area contributed by atoms with Crippen LogP contribution in [0.5, 0.6) is 0 Å². The zero-order valence-electron chi connectivity index (χ0n) is 13.1. The Labute approximate surface area is 146 Å². The molecule has 2 aromatic rings. The van der Waals surface area contributed by atoms with Crippen molar-refractivity contribution < 1.29 is 22.8 Å². The van der Waals surface area contributed by atoms with E-state index in [1.54, 1.807) is 17.5 Å². The Bertz CT molecular complexity index is 795. The molecule has 0 bridgehead atoms. The Morgan fingerprint density at radius 1 is 1.12 bits per heavy atom. The molecule has 0 radical (unpaired) electrons. The number of nitrogens with one attached hydrogen (secondary N) is 1. The minimum atomic E-state index is -1.65. The number of amides is 2. The first-order valence-electron chi connectivity index (χ1n) is 7.78. The summed E-state index contributed by atoms with van der Waals surface area (Å²) in [5.74, 6) is -5.31. The maximum absolute atomic E-state index is 13.8. The largest absolute Gasteiger partial charge is 0.326 e. The van der Waals surface area contributed by atoms with Crippen molar-refractivity contribution in [3.8, 4) is 0 Å². The van der Waals surface area contributed by atoms with Gasteiger partial charge in [-0.25, -0.2) is 13.2 Å². The fraction of sp³-hybridized carbons (Fsp3) is 0.294. The minimum Gasteiger partial charge on any atom is -0.326 e. The number of likely N-dealkylation sites (tertiary alicyclic amines) is 1. The van der Waals surface area contributed by atoms with Crippen molar-refractivity contribution in [2.75, 3.05) is 11.9 Å². The van der Waals surface area contributed by atoms with Gasteiger partial charge in [0.15, 0.2) is 17.5 Å². The van der Waals surface area contributed by atoms with E-state index >= 15 is 0 Å². The van der Waals surface area contributed by atoms with E-state index in [9.17, 15) is 22.8 Å². The zero-order valence-corrected chi connectivity index (χ0v) is 13.9. The van der Waals surface area contributed by atoms with Crippen LogP contribution in [0.25, 0.3) is 0 Å². The maximum atomic E-state index is 13.8. The van der Waals surface area contributed by atoms with E-state index in [1.807, 2.05) is 0 Å². The molecule has 0 aliphatic carbocycles. The van der Waals surface area contributed by atoms with Gasteiger partial charge in [-0.1, -0.05) is 6.07 Å². The first-order valence-corrected chi connectivity index (χ1v) is 8.66. The summed E-state index contributed by atoms with van der Waals surface area (Å²) in [5, 5.41) is 4.03. The van der Waals surface area contributed by atoms with Gasteiger partial charge in [-0.05, 0) is 42.8 Å². The van der Waals surface area contributed by atoms with Crippen molar-refractivity contribution in [1.82, 2.24) is 4.90 Å². The number of hydrogen-bond acceptors (Lipinski definition) is 3. The van der Waals surface area contributed by atoms with Gasteiger partial charge in [0, 0.05) is 6.54 Å². The van der Waals surface area contributed by atoms with E-state index in [1.165, 1.54) is 16.2 Å². The second kappa shape index (κ2) is 7.26. The average molecular weight is 368 g/mol. The molecule has 2 heterocycles. The first-order chi connectivity index (χ1) is 12.0. The quantitative estimate of drug-likeness (QED) is 0.838. The summed E-state index contributed by atoms with van der Waals surface area (Å²) >= 11 is 1.27. The Balaban J connectivity index is 1.80. The molecular weight excluding hydrogens is 353 g/mol. The number of carbonyl (C=O) groups is 2. The van der Waals surface area contributed by atoms with Crippen molar-refractivity contribution in [2.45, 2.75) is 25.3 Å². The summed E-state index contributed by atoms with van der Waals surface area (Å²) in [7, 11) is 0. The highest BCUT2D eigenvalue weighted by molar-refractivity contribution is 7.12. The summed E-state index contributed by atoms with van der Waals surface area (Å²) in [6.07, 6.45) is 1.93. The van der Waals surface area contributed by atoms with Crippen molar-refractivity contribution >= 4 is 28.8 Å². The van der Waals surface area contributed by atoms with Gasteiger partial charge in [-0.3, -0.25) is 9.59 Å². The van der Waals surface area contributed by atoms with Crippen LogP contribution in [0.4, 0.5) is 18.9 Å². The molecule has 1 aliphatic heterocycles. The molecule has 132 valence electrons. The van der Waals surface area contributed by atoms with Crippen LogP contribution in [0.3, 0.4) is 0 Å². The third kappa shape index (κ3) is 3.53. The molecule has 1 atom stereocenters. The SMILES string of the molecule is O=C(Nc1ccc(F)c(F)c1F)C1CCCCN1C(=O)c1cccs1. The number of rotatable bonds is 3. The fourth-order valence-electron chi connectivity index (χ4n) is 2.83. The molecule has 25 heavy (non-hydrogen) atoms. The predicted octanol–water partition coefficient (Wildman–Crippen LogP) is 3.80. The number of halogens is 3. The number of nitrogens with zero attached hydrogens (tertiary/aromatic N) is 1. The van der Waals surface area contributed by atoms with Crippen LogP contribution in [0.15, 0.2) is 29.6 Å². The van der Waals surface area contributed by atoms with Crippen molar-refractivity contribution in [1.29, 1.82) is 0 Å². The molecule has 1 unspecified atom stereocenters. The first kappa shape index (κ1) is 17.5. The highest BCUT2D eigenvalue weighted by Crippen LogP contribution is 2.24. The monoisotopic (exact) mass is 368 g/mol. The average Bonchev–Trinajstić information content (AvgIpc) is 3.16. The van der Waals surface area contributed by atoms with Crippen LogP contribution in [0.2, 0.25) is 0 Å². The number of thiophene rings is 1. The summed E-state index contributed by atoms with van der Waals surface area (Å²) in [6, 6.07) is 4.33. The normalized spacial score (nSPS) is 17.4. The molecule has 3 rings (SSSR count). The van der Waals surface area contributed by atoms with Crippen LogP contribution in [0, 0.1) is 17.5 Å². The number of benzene rings is 1. The van der Waals surface area contributed by atoms with E-state index in [4.69, 9.17) is 0 Å². The summed E-state index contributed by atoms with van der Waals surface area (Å²) in [6.45, 7) is 0.412. The van der Waals surface area contributed by atoms with Crippen molar-refractivity contribution in [3.05, 3.63) is 52.0 Å². The lowest BCUT2D eigenvalue weighted by atomic mass is 10.0. The second-order valence-electron chi connectivity index (χ2n) is 5.70. The molecule has 2 amide bonds. The molecule has 1 aromatic carbocycles. The van der Waals surface area contributed by atoms with Crippen LogP contribution < -0.4 is 5.32 Å². The van der Waals surface area contributed by atoms with Gasteiger partial charge in [-0.15, -0.1) is 11.3 Å². The smallest absolute Gasteiger partial charge is 0.264 e. The lowest BCUT2D eigenvalue weighted by Gasteiger charge is -2.34. The molecule has 1 fully saturated rings. The third-order valence-electron chi connectivity index (χ3n) is 4.09. The van der Waals surface area contributed by atoms with Gasteiger partial charge in [0.25, 0.3) is 5.91 Å². The predicted molar refractivity (Wildman–Crippen MR) is 87.9 cm³/mol.